The lowest BCUT2D eigenvalue weighted by molar-refractivity contribution is -0.140. The van der Waals surface area contributed by atoms with Crippen LogP contribution < -0.4 is 14.2 Å². The van der Waals surface area contributed by atoms with Crippen LogP contribution in [0.4, 0.5) is 0 Å². The number of likely N-dealkylation sites (tertiary alicyclic amines) is 1. The normalized spacial score (nSPS) is 16.9. The minimum atomic E-state index is -0.811. The van der Waals surface area contributed by atoms with Crippen molar-refractivity contribution in [2.45, 2.75) is 32.5 Å². The van der Waals surface area contributed by atoms with Crippen molar-refractivity contribution in [1.82, 2.24) is 4.90 Å². The molecule has 0 saturated carbocycles. The Balaban J connectivity index is 1.84. The number of ether oxygens (including phenoxy) is 3. The molecule has 1 amide bonds. The maximum absolute atomic E-state index is 13.3. The van der Waals surface area contributed by atoms with Crippen LogP contribution in [0.5, 0.6) is 17.2 Å². The quantitative estimate of drug-likeness (QED) is 0.270. The Morgan fingerprint density at radius 3 is 2.31 bits per heavy atom. The summed E-state index contributed by atoms with van der Waals surface area (Å²) in [6.45, 7) is 3.99. The molecular weight excluding hydrogens is 458 g/mol. The van der Waals surface area contributed by atoms with Crippen LogP contribution in [-0.2, 0) is 16.1 Å². The molecule has 36 heavy (non-hydrogen) atoms. The third-order valence-corrected chi connectivity index (χ3v) is 5.98. The lowest BCUT2D eigenvalue weighted by atomic mass is 9.95. The summed E-state index contributed by atoms with van der Waals surface area (Å²) < 4.78 is 16.5. The van der Waals surface area contributed by atoms with Crippen LogP contribution in [0.25, 0.3) is 5.76 Å². The van der Waals surface area contributed by atoms with E-state index in [1.807, 2.05) is 44.2 Å². The largest absolute Gasteiger partial charge is 0.507 e. The summed E-state index contributed by atoms with van der Waals surface area (Å²) in [6, 6.07) is 20.5. The minimum Gasteiger partial charge on any atom is -0.507 e. The fourth-order valence-corrected chi connectivity index (χ4v) is 4.33. The zero-order valence-electron chi connectivity index (χ0n) is 20.7. The van der Waals surface area contributed by atoms with Crippen molar-refractivity contribution in [2.24, 2.45) is 0 Å². The number of carbonyl (C=O) groups is 2. The second-order valence-corrected chi connectivity index (χ2v) is 8.71. The predicted octanol–water partition coefficient (Wildman–Crippen LogP) is 5.11. The molecule has 1 atom stereocenters. The summed E-state index contributed by atoms with van der Waals surface area (Å²) in [4.78, 5) is 28.1. The molecule has 1 N–H and O–H groups in total. The third kappa shape index (κ3) is 4.91. The van der Waals surface area contributed by atoms with Crippen LogP contribution in [0.3, 0.4) is 0 Å². The van der Waals surface area contributed by atoms with Crippen molar-refractivity contribution in [3.63, 3.8) is 0 Å². The molecule has 3 aromatic rings. The number of benzene rings is 3. The first-order chi connectivity index (χ1) is 17.3. The van der Waals surface area contributed by atoms with Gasteiger partial charge >= 0.3 is 0 Å². The molecule has 0 aromatic heterocycles. The smallest absolute Gasteiger partial charge is 0.295 e. The van der Waals surface area contributed by atoms with Crippen molar-refractivity contribution < 1.29 is 28.9 Å². The van der Waals surface area contributed by atoms with E-state index >= 15 is 0 Å². The Morgan fingerprint density at radius 1 is 0.917 bits per heavy atom. The number of nitrogens with zero attached hydrogens (tertiary/aromatic N) is 1. The summed E-state index contributed by atoms with van der Waals surface area (Å²) >= 11 is 0. The van der Waals surface area contributed by atoms with E-state index in [1.165, 1.54) is 12.0 Å². The Kier molecular flexibility index (Phi) is 7.29. The van der Waals surface area contributed by atoms with E-state index in [-0.39, 0.29) is 24.0 Å². The highest BCUT2D eigenvalue weighted by Crippen LogP contribution is 2.41. The first kappa shape index (κ1) is 24.9. The zero-order valence-corrected chi connectivity index (χ0v) is 20.7. The number of rotatable bonds is 8. The molecule has 7 nitrogen and oxygen atoms in total. The topological polar surface area (TPSA) is 85.3 Å². The minimum absolute atomic E-state index is 0.0000855. The fourth-order valence-electron chi connectivity index (χ4n) is 4.33. The predicted molar refractivity (Wildman–Crippen MR) is 136 cm³/mol. The number of hydrogen-bond acceptors (Lipinski definition) is 6. The highest BCUT2D eigenvalue weighted by molar-refractivity contribution is 6.46. The monoisotopic (exact) mass is 487 g/mol. The summed E-state index contributed by atoms with van der Waals surface area (Å²) in [5.41, 5.74) is 1.81. The van der Waals surface area contributed by atoms with Gasteiger partial charge in [-0.05, 0) is 49.7 Å². The number of ketones is 1. The number of hydrogen-bond donors (Lipinski definition) is 1. The molecule has 186 valence electrons. The maximum atomic E-state index is 13.3. The molecule has 1 saturated heterocycles. The Hall–Kier alpha value is -4.26. The molecule has 1 heterocycles. The Morgan fingerprint density at radius 2 is 1.64 bits per heavy atom. The molecule has 1 fully saturated rings. The molecule has 1 unspecified atom stereocenters. The van der Waals surface area contributed by atoms with Gasteiger partial charge in [-0.3, -0.25) is 9.59 Å². The van der Waals surface area contributed by atoms with E-state index in [9.17, 15) is 14.7 Å². The maximum Gasteiger partial charge on any atom is 0.295 e. The van der Waals surface area contributed by atoms with Gasteiger partial charge in [-0.15, -0.1) is 0 Å². The lowest BCUT2D eigenvalue weighted by Gasteiger charge is -2.26. The van der Waals surface area contributed by atoms with E-state index in [0.29, 0.717) is 28.4 Å². The van der Waals surface area contributed by atoms with Gasteiger partial charge < -0.3 is 24.2 Å². The second-order valence-electron chi connectivity index (χ2n) is 8.71. The average molecular weight is 488 g/mol. The number of aliphatic hydroxyl groups excluding tert-OH is 1. The van der Waals surface area contributed by atoms with Gasteiger partial charge in [0.25, 0.3) is 11.7 Å². The lowest BCUT2D eigenvalue weighted by Crippen LogP contribution is -2.29. The second kappa shape index (κ2) is 10.6. The number of para-hydroxylation sites is 1. The summed E-state index contributed by atoms with van der Waals surface area (Å²) in [7, 11) is 3.08. The van der Waals surface area contributed by atoms with Crippen LogP contribution in [0.1, 0.15) is 36.6 Å². The van der Waals surface area contributed by atoms with Crippen molar-refractivity contribution in [3.8, 4) is 17.2 Å². The van der Waals surface area contributed by atoms with Gasteiger partial charge in [0, 0.05) is 11.1 Å². The van der Waals surface area contributed by atoms with Crippen molar-refractivity contribution >= 4 is 17.4 Å². The molecule has 0 spiro atoms. The highest BCUT2D eigenvalue weighted by Gasteiger charge is 2.46. The SMILES string of the molecule is COc1cccc(/C(O)=C2/C(=O)C(=O)N(Cc3ccccc3OC)C2c2ccc(OC(C)C)cc2)c1. The van der Waals surface area contributed by atoms with Crippen LogP contribution in [0, 0.1) is 0 Å². The van der Waals surface area contributed by atoms with E-state index in [1.54, 1.807) is 49.6 Å². The van der Waals surface area contributed by atoms with Crippen LogP contribution >= 0.6 is 0 Å². The van der Waals surface area contributed by atoms with Crippen LogP contribution in [0.15, 0.2) is 78.4 Å². The van der Waals surface area contributed by atoms with E-state index in [4.69, 9.17) is 14.2 Å². The Bertz CT molecular complexity index is 1300. The van der Waals surface area contributed by atoms with Gasteiger partial charge in [0.1, 0.15) is 23.0 Å². The van der Waals surface area contributed by atoms with Crippen molar-refractivity contribution in [1.29, 1.82) is 0 Å². The van der Waals surface area contributed by atoms with Gasteiger partial charge in [-0.2, -0.15) is 0 Å². The summed E-state index contributed by atoms with van der Waals surface area (Å²) in [6.07, 6.45) is 0.0000855. The first-order valence-corrected chi connectivity index (χ1v) is 11.7. The van der Waals surface area contributed by atoms with Gasteiger partial charge in [-0.25, -0.2) is 0 Å². The highest BCUT2D eigenvalue weighted by atomic mass is 16.5. The molecule has 0 bridgehead atoms. The van der Waals surface area contributed by atoms with Gasteiger partial charge in [0.2, 0.25) is 0 Å². The molecule has 1 aliphatic heterocycles. The molecular formula is C29H29NO6. The number of Topliss-reactive ketones (excluding diaryl/α,β-unsaturated/α-hetero) is 1. The summed E-state index contributed by atoms with van der Waals surface area (Å²) in [5, 5.41) is 11.3. The number of carbonyl (C=O) groups excluding carboxylic acids is 2. The molecule has 4 rings (SSSR count). The molecule has 7 heteroatoms. The molecule has 0 radical (unpaired) electrons. The van der Waals surface area contributed by atoms with Crippen LogP contribution in [0.2, 0.25) is 0 Å². The first-order valence-electron chi connectivity index (χ1n) is 11.7. The standard InChI is InChI=1S/C29H29NO6/c1-18(2)36-22-14-12-19(13-15-22)26-25(27(31)20-9-7-10-23(16-20)34-3)28(32)29(33)30(26)17-21-8-5-6-11-24(21)35-4/h5-16,18,26,31H,17H2,1-4H3/b27-25-. The zero-order chi connectivity index (χ0) is 25.8. The third-order valence-electron chi connectivity index (χ3n) is 5.98. The molecule has 0 aliphatic carbocycles. The fraction of sp³-hybridized carbons (Fsp3) is 0.241. The van der Waals surface area contributed by atoms with Crippen LogP contribution in [-0.4, -0.2) is 42.0 Å². The molecule has 3 aromatic carbocycles. The van der Waals surface area contributed by atoms with E-state index in [2.05, 4.69) is 0 Å². The average Bonchev–Trinajstić information content (AvgIpc) is 3.13. The van der Waals surface area contributed by atoms with Gasteiger partial charge in [-0.1, -0.05) is 42.5 Å². The van der Waals surface area contributed by atoms with Gasteiger partial charge in [0.15, 0.2) is 0 Å². The van der Waals surface area contributed by atoms with Gasteiger partial charge in [0.05, 0.1) is 38.5 Å². The van der Waals surface area contributed by atoms with E-state index in [0.717, 1.165) is 5.56 Å². The van der Waals surface area contributed by atoms with Crippen molar-refractivity contribution in [2.75, 3.05) is 14.2 Å². The molecule has 1 aliphatic rings. The number of methoxy groups -OCH3 is 2. The number of amides is 1. The Labute approximate surface area is 210 Å². The summed E-state index contributed by atoms with van der Waals surface area (Å²) in [5.74, 6) is 0.0850. The van der Waals surface area contributed by atoms with Crippen molar-refractivity contribution in [3.05, 3.63) is 95.1 Å². The van der Waals surface area contributed by atoms with E-state index < -0.39 is 17.7 Å². The number of aliphatic hydroxyl groups is 1.